The molecule has 0 bridgehead atoms. The minimum atomic E-state index is 0.118. The van der Waals surface area contributed by atoms with Gasteiger partial charge in [-0.1, -0.05) is 31.4 Å². The van der Waals surface area contributed by atoms with Crippen LogP contribution in [0.2, 0.25) is 0 Å². The van der Waals surface area contributed by atoms with E-state index in [1.54, 1.807) is 6.33 Å². The molecule has 3 aromatic rings. The monoisotopic (exact) mass is 502 g/mol. The number of fused-ring (bicyclic) bond motifs is 1. The van der Waals surface area contributed by atoms with E-state index in [-0.39, 0.29) is 6.04 Å². The van der Waals surface area contributed by atoms with E-state index in [9.17, 15) is 4.79 Å². The van der Waals surface area contributed by atoms with Gasteiger partial charge in [0.1, 0.15) is 5.52 Å². The van der Waals surface area contributed by atoms with E-state index >= 15 is 0 Å². The molecule has 3 aliphatic rings. The number of anilines is 3. The number of H-pyrrole nitrogens is 1. The van der Waals surface area contributed by atoms with E-state index in [1.165, 1.54) is 63.6 Å². The first kappa shape index (κ1) is 24.2. The third-order valence-electron chi connectivity index (χ3n) is 8.52. The van der Waals surface area contributed by atoms with Crippen LogP contribution in [0, 0.1) is 6.92 Å². The topological polar surface area (TPSA) is 102 Å². The Balaban J connectivity index is 1.21. The third-order valence-corrected chi connectivity index (χ3v) is 8.52. The molecule has 3 N–H and O–H groups in total. The minimum absolute atomic E-state index is 0.118. The lowest BCUT2D eigenvalue weighted by molar-refractivity contribution is -0.122. The van der Waals surface area contributed by atoms with E-state index in [2.05, 4.69) is 55.6 Å². The Morgan fingerprint density at radius 2 is 1.86 bits per heavy atom. The molecule has 2 atom stereocenters. The maximum Gasteiger partial charge on any atom is 0.231 e. The van der Waals surface area contributed by atoms with Gasteiger partial charge in [-0.2, -0.15) is 9.97 Å². The number of carbonyl (C=O) groups excluding carboxylic acids is 1. The van der Waals surface area contributed by atoms with Gasteiger partial charge in [0.05, 0.1) is 12.4 Å². The van der Waals surface area contributed by atoms with Gasteiger partial charge in [0.2, 0.25) is 12.4 Å². The lowest BCUT2D eigenvalue weighted by Crippen LogP contribution is -2.45. The van der Waals surface area contributed by atoms with Crippen molar-refractivity contribution in [3.8, 4) is 0 Å². The lowest BCUT2D eigenvalue weighted by Gasteiger charge is -2.41. The van der Waals surface area contributed by atoms with E-state index in [0.29, 0.717) is 23.7 Å². The van der Waals surface area contributed by atoms with Crippen LogP contribution in [0.1, 0.15) is 75.0 Å². The number of imidazole rings is 1. The zero-order valence-electron chi connectivity index (χ0n) is 21.7. The van der Waals surface area contributed by atoms with Gasteiger partial charge in [-0.05, 0) is 75.7 Å². The summed E-state index contributed by atoms with van der Waals surface area (Å²) in [5, 5.41) is 7.07. The van der Waals surface area contributed by atoms with Crippen molar-refractivity contribution in [2.24, 2.45) is 0 Å². The highest BCUT2D eigenvalue weighted by molar-refractivity contribution is 5.84. The van der Waals surface area contributed by atoms with E-state index in [0.717, 1.165) is 48.4 Å². The van der Waals surface area contributed by atoms with Crippen molar-refractivity contribution in [3.05, 3.63) is 35.7 Å². The number of amides is 1. The summed E-state index contributed by atoms with van der Waals surface area (Å²) >= 11 is 0. The van der Waals surface area contributed by atoms with Gasteiger partial charge in [-0.15, -0.1) is 0 Å². The summed E-state index contributed by atoms with van der Waals surface area (Å²) in [6.07, 6.45) is 13.5. The summed E-state index contributed by atoms with van der Waals surface area (Å²) in [5.74, 6) is 1.35. The van der Waals surface area contributed by atoms with Gasteiger partial charge in [-0.25, -0.2) is 4.98 Å². The molecule has 2 aromatic heterocycles. The summed E-state index contributed by atoms with van der Waals surface area (Å²) < 4.78 is 0. The number of hydrogen-bond donors (Lipinski definition) is 3. The highest BCUT2D eigenvalue weighted by Gasteiger charge is 2.33. The van der Waals surface area contributed by atoms with Crippen LogP contribution in [0.5, 0.6) is 0 Å². The molecule has 196 valence electrons. The predicted octanol–water partition coefficient (Wildman–Crippen LogP) is 4.91. The first-order valence-electron chi connectivity index (χ1n) is 14.0. The SMILES string of the molecule is Cc1cc(C2CC(N3CCCC3)CCN2C=O)ccc1Nc1nc(NC2CCCCC2)c2[nH]cnc2n1. The van der Waals surface area contributed by atoms with Gasteiger partial charge in [-0.3, -0.25) is 4.79 Å². The standard InChI is InChI=1S/C28H38N8O/c1-19-15-20(24-16-22(11-14-36(24)18-37)35-12-5-6-13-35)9-10-23(19)32-28-33-26-25(29-17-30-26)27(34-28)31-21-7-3-2-4-8-21/h9-10,15,17-18,21-22,24H,2-8,11-14,16H2,1H3,(H3,29,30,31,32,33,34). The smallest absolute Gasteiger partial charge is 0.231 e. The van der Waals surface area contributed by atoms with Crippen molar-refractivity contribution >= 4 is 35.0 Å². The number of aryl methyl sites for hydroxylation is 1. The Morgan fingerprint density at radius 3 is 2.65 bits per heavy atom. The van der Waals surface area contributed by atoms with Gasteiger partial charge in [0.25, 0.3) is 0 Å². The van der Waals surface area contributed by atoms with Gasteiger partial charge in [0, 0.05) is 24.3 Å². The molecule has 3 fully saturated rings. The number of nitrogens with zero attached hydrogens (tertiary/aromatic N) is 5. The number of piperidine rings is 1. The summed E-state index contributed by atoms with van der Waals surface area (Å²) in [7, 11) is 0. The average Bonchev–Trinajstić information content (AvgIpc) is 3.63. The average molecular weight is 503 g/mol. The van der Waals surface area contributed by atoms with Crippen molar-refractivity contribution in [1.82, 2.24) is 29.7 Å². The summed E-state index contributed by atoms with van der Waals surface area (Å²) in [6.45, 7) is 5.31. The van der Waals surface area contributed by atoms with Crippen molar-refractivity contribution in [2.75, 3.05) is 30.3 Å². The fourth-order valence-corrected chi connectivity index (χ4v) is 6.45. The van der Waals surface area contributed by atoms with Crippen LogP contribution in [-0.4, -0.2) is 67.9 Å². The van der Waals surface area contributed by atoms with Crippen LogP contribution in [0.3, 0.4) is 0 Å². The van der Waals surface area contributed by atoms with E-state index < -0.39 is 0 Å². The van der Waals surface area contributed by atoms with E-state index in [1.807, 2.05) is 4.90 Å². The largest absolute Gasteiger partial charge is 0.365 e. The van der Waals surface area contributed by atoms with Crippen molar-refractivity contribution in [2.45, 2.75) is 82.8 Å². The quantitative estimate of drug-likeness (QED) is 0.395. The highest BCUT2D eigenvalue weighted by Crippen LogP contribution is 2.35. The Hall–Kier alpha value is -3.20. The predicted molar refractivity (Wildman–Crippen MR) is 146 cm³/mol. The maximum atomic E-state index is 11.9. The molecule has 37 heavy (non-hydrogen) atoms. The van der Waals surface area contributed by atoms with E-state index in [4.69, 9.17) is 4.98 Å². The number of nitrogens with one attached hydrogen (secondary N) is 3. The minimum Gasteiger partial charge on any atom is -0.365 e. The highest BCUT2D eigenvalue weighted by atomic mass is 16.1. The number of hydrogen-bond acceptors (Lipinski definition) is 7. The Labute approximate surface area is 218 Å². The molecule has 6 rings (SSSR count). The van der Waals surface area contributed by atoms with Crippen LogP contribution in [0.15, 0.2) is 24.5 Å². The van der Waals surface area contributed by atoms with Crippen molar-refractivity contribution < 1.29 is 4.79 Å². The first-order valence-corrected chi connectivity index (χ1v) is 14.0. The molecule has 0 spiro atoms. The van der Waals surface area contributed by atoms with Crippen molar-refractivity contribution in [1.29, 1.82) is 0 Å². The molecule has 1 saturated carbocycles. The molecule has 1 amide bonds. The summed E-state index contributed by atoms with van der Waals surface area (Å²) in [5.41, 5.74) is 4.78. The van der Waals surface area contributed by atoms with Gasteiger partial charge in [0.15, 0.2) is 11.5 Å². The molecule has 9 heteroatoms. The second-order valence-electron chi connectivity index (χ2n) is 11.0. The van der Waals surface area contributed by atoms with Crippen LogP contribution in [0.4, 0.5) is 17.5 Å². The molecule has 9 nitrogen and oxygen atoms in total. The second kappa shape index (κ2) is 10.7. The third kappa shape index (κ3) is 5.14. The molecule has 0 radical (unpaired) electrons. The molecule has 2 unspecified atom stereocenters. The van der Waals surface area contributed by atoms with Crippen LogP contribution >= 0.6 is 0 Å². The Morgan fingerprint density at radius 1 is 1.03 bits per heavy atom. The van der Waals surface area contributed by atoms with Gasteiger partial charge < -0.3 is 25.4 Å². The number of rotatable bonds is 7. The normalized spacial score (nSPS) is 23.4. The Kier molecular flexibility index (Phi) is 6.95. The summed E-state index contributed by atoms with van der Waals surface area (Å²) in [4.78, 5) is 33.6. The molecule has 4 heterocycles. The molecule has 1 aliphatic carbocycles. The Bertz CT molecular complexity index is 1230. The second-order valence-corrected chi connectivity index (χ2v) is 11.0. The number of aromatic nitrogens is 4. The molecular weight excluding hydrogens is 464 g/mol. The number of carbonyl (C=O) groups is 1. The molecule has 2 saturated heterocycles. The van der Waals surface area contributed by atoms with Crippen LogP contribution in [0.25, 0.3) is 11.2 Å². The maximum absolute atomic E-state index is 11.9. The van der Waals surface area contributed by atoms with Crippen molar-refractivity contribution in [3.63, 3.8) is 0 Å². The first-order chi connectivity index (χ1) is 18.2. The van der Waals surface area contributed by atoms with Gasteiger partial charge >= 0.3 is 0 Å². The zero-order chi connectivity index (χ0) is 25.2. The number of aromatic amines is 1. The molecular formula is C28H38N8O. The fourth-order valence-electron chi connectivity index (χ4n) is 6.45. The summed E-state index contributed by atoms with van der Waals surface area (Å²) in [6, 6.07) is 7.57. The van der Waals surface area contributed by atoms with Crippen LogP contribution < -0.4 is 10.6 Å². The van der Waals surface area contributed by atoms with Crippen LogP contribution in [-0.2, 0) is 4.79 Å². The zero-order valence-corrected chi connectivity index (χ0v) is 21.7. The number of likely N-dealkylation sites (tertiary alicyclic amines) is 2. The number of benzene rings is 1. The molecule has 2 aliphatic heterocycles. The lowest BCUT2D eigenvalue weighted by atomic mass is 9.90. The fraction of sp³-hybridized carbons (Fsp3) is 0.571. The molecule has 1 aromatic carbocycles.